The molecule has 3 amide bonds. The van der Waals surface area contributed by atoms with Gasteiger partial charge in [-0.1, -0.05) is 97.1 Å². The van der Waals surface area contributed by atoms with Crippen molar-refractivity contribution in [1.82, 2.24) is 24.9 Å². The van der Waals surface area contributed by atoms with Crippen molar-refractivity contribution in [3.63, 3.8) is 0 Å². The molecule has 0 atom stereocenters. The molecule has 316 valence electrons. The van der Waals surface area contributed by atoms with Crippen LogP contribution in [0.4, 0.5) is 16.2 Å². The molecule has 1 aliphatic carbocycles. The highest BCUT2D eigenvalue weighted by Gasteiger charge is 2.50. The third kappa shape index (κ3) is 12.7. The fourth-order valence-corrected chi connectivity index (χ4v) is 8.50. The molecule has 2 aliphatic heterocycles. The number of para-hydroxylation sites is 2. The van der Waals surface area contributed by atoms with Crippen molar-refractivity contribution in [3.05, 3.63) is 132 Å². The van der Waals surface area contributed by atoms with E-state index >= 15 is 0 Å². The number of amides is 3. The second kappa shape index (κ2) is 21.6. The van der Waals surface area contributed by atoms with Gasteiger partial charge >= 0.3 is 6.03 Å². The largest absolute Gasteiger partial charge is 0.375 e. The van der Waals surface area contributed by atoms with Crippen molar-refractivity contribution in [2.75, 3.05) is 102 Å². The van der Waals surface area contributed by atoms with Crippen molar-refractivity contribution < 1.29 is 14.3 Å². The molecule has 4 aromatic rings. The van der Waals surface area contributed by atoms with Crippen molar-refractivity contribution >= 4 is 23.3 Å². The van der Waals surface area contributed by atoms with E-state index < -0.39 is 0 Å². The van der Waals surface area contributed by atoms with E-state index in [0.29, 0.717) is 13.1 Å². The van der Waals surface area contributed by atoms with Gasteiger partial charge in [0.1, 0.15) is 6.61 Å². The lowest BCUT2D eigenvalue weighted by atomic mass is 10.00. The minimum Gasteiger partial charge on any atom is -0.375 e. The summed E-state index contributed by atoms with van der Waals surface area (Å²) in [7, 11) is 1.58. The number of hydrogen-bond acceptors (Lipinski definition) is 7. The Bertz CT molecular complexity index is 1830. The summed E-state index contributed by atoms with van der Waals surface area (Å²) >= 11 is 0. The van der Waals surface area contributed by atoms with Gasteiger partial charge < -0.3 is 19.9 Å². The standard InChI is InChI=1S/C25H36N4O.C24H31N3O2/c1-4-26-24(30)29(23-13-9-6-10-14-23)21-25(2,3)28-19-17-27(18-20-28)16-15-22-11-7-5-8-12-22;1-29-19-23(28)27(22-10-6-3-7-11-22)20-24(12-13-24)26-16-14-25(15-17-26)18-21-8-4-2-5-9-21/h5-14H,4,15-21H2,1-3H3,(H,26,30);2-11H,12-20H2,1H3. The monoisotopic (exact) mass is 802 g/mol. The van der Waals surface area contributed by atoms with Crippen LogP contribution in [0.1, 0.15) is 44.7 Å². The van der Waals surface area contributed by atoms with Crippen LogP contribution < -0.4 is 15.1 Å². The lowest BCUT2D eigenvalue weighted by molar-refractivity contribution is -0.122. The highest BCUT2D eigenvalue weighted by molar-refractivity contribution is 5.94. The zero-order chi connectivity index (χ0) is 41.5. The van der Waals surface area contributed by atoms with Crippen molar-refractivity contribution in [1.29, 1.82) is 0 Å². The molecule has 0 unspecified atom stereocenters. The van der Waals surface area contributed by atoms with E-state index in [2.05, 4.69) is 99.4 Å². The summed E-state index contributed by atoms with van der Waals surface area (Å²) in [5.41, 5.74) is 4.70. The molecule has 0 radical (unpaired) electrons. The highest BCUT2D eigenvalue weighted by atomic mass is 16.5. The highest BCUT2D eigenvalue weighted by Crippen LogP contribution is 2.43. The van der Waals surface area contributed by atoms with Crippen LogP contribution in [0.2, 0.25) is 0 Å². The normalized spacial score (nSPS) is 17.4. The molecule has 2 saturated heterocycles. The summed E-state index contributed by atoms with van der Waals surface area (Å²) in [6, 6.07) is 41.4. The zero-order valence-electron chi connectivity index (χ0n) is 36.0. The van der Waals surface area contributed by atoms with Gasteiger partial charge in [-0.3, -0.25) is 24.4 Å². The number of carbonyl (C=O) groups excluding carboxylic acids is 2. The number of rotatable bonds is 16. The summed E-state index contributed by atoms with van der Waals surface area (Å²) in [6.45, 7) is 19.2. The Balaban J connectivity index is 0.000000198. The predicted octanol–water partition coefficient (Wildman–Crippen LogP) is 6.88. The molecule has 59 heavy (non-hydrogen) atoms. The molecule has 0 bridgehead atoms. The second-order valence-electron chi connectivity index (χ2n) is 16.9. The molecule has 1 saturated carbocycles. The third-order valence-corrected chi connectivity index (χ3v) is 12.2. The van der Waals surface area contributed by atoms with Gasteiger partial charge in [-0.25, -0.2) is 4.79 Å². The quantitative estimate of drug-likeness (QED) is 0.133. The van der Waals surface area contributed by atoms with Crippen LogP contribution in [-0.4, -0.2) is 135 Å². The van der Waals surface area contributed by atoms with E-state index in [-0.39, 0.29) is 29.6 Å². The minimum atomic E-state index is -0.105. The van der Waals surface area contributed by atoms with Crippen LogP contribution >= 0.6 is 0 Å². The average Bonchev–Trinajstić information content (AvgIpc) is 4.07. The summed E-state index contributed by atoms with van der Waals surface area (Å²) in [4.78, 5) is 39.6. The van der Waals surface area contributed by atoms with E-state index in [0.717, 1.165) is 103 Å². The number of anilines is 2. The van der Waals surface area contributed by atoms with Crippen molar-refractivity contribution in [2.45, 2.75) is 57.7 Å². The van der Waals surface area contributed by atoms with E-state index in [1.807, 2.05) is 77.4 Å². The predicted molar refractivity (Wildman–Crippen MR) is 241 cm³/mol. The number of carbonyl (C=O) groups is 2. The van der Waals surface area contributed by atoms with Gasteiger partial charge in [-0.2, -0.15) is 0 Å². The molecule has 3 fully saturated rings. The molecular weight excluding hydrogens is 735 g/mol. The number of nitrogens with one attached hydrogen (secondary N) is 1. The van der Waals surface area contributed by atoms with Crippen LogP contribution in [-0.2, 0) is 22.5 Å². The summed E-state index contributed by atoms with van der Waals surface area (Å²) < 4.78 is 5.15. The summed E-state index contributed by atoms with van der Waals surface area (Å²) in [5, 5.41) is 2.97. The number of piperazine rings is 2. The van der Waals surface area contributed by atoms with Gasteiger partial charge in [0.05, 0.1) is 0 Å². The van der Waals surface area contributed by atoms with Gasteiger partial charge in [0.15, 0.2) is 0 Å². The number of ether oxygens (including phenoxy) is 1. The first-order valence-corrected chi connectivity index (χ1v) is 21.7. The molecule has 7 rings (SSSR count). The fraction of sp³-hybridized carbons (Fsp3) is 0.469. The lowest BCUT2D eigenvalue weighted by Gasteiger charge is -2.46. The average molecular weight is 802 g/mol. The topological polar surface area (TPSA) is 74.8 Å². The lowest BCUT2D eigenvalue weighted by Crippen LogP contribution is -2.60. The second-order valence-corrected chi connectivity index (χ2v) is 16.9. The first-order valence-electron chi connectivity index (χ1n) is 21.7. The van der Waals surface area contributed by atoms with Crippen LogP contribution in [0.15, 0.2) is 121 Å². The molecular formula is C49H67N7O3. The SMILES string of the molecule is CCNC(=O)N(CC(C)(C)N1CCN(CCc2ccccc2)CC1)c1ccccc1.COCC(=O)N(CC1(N2CCN(Cc3ccccc3)CC2)CC1)c1ccccc1. The van der Waals surface area contributed by atoms with E-state index in [9.17, 15) is 9.59 Å². The fourth-order valence-electron chi connectivity index (χ4n) is 8.50. The van der Waals surface area contributed by atoms with Gasteiger partial charge in [0, 0.05) is 115 Å². The molecule has 10 nitrogen and oxygen atoms in total. The van der Waals surface area contributed by atoms with E-state index in [1.165, 1.54) is 11.1 Å². The first-order chi connectivity index (χ1) is 28.7. The van der Waals surface area contributed by atoms with Gasteiger partial charge in [0.2, 0.25) is 0 Å². The zero-order valence-corrected chi connectivity index (χ0v) is 36.0. The molecule has 10 heteroatoms. The smallest absolute Gasteiger partial charge is 0.321 e. The van der Waals surface area contributed by atoms with Crippen LogP contribution in [0.5, 0.6) is 0 Å². The van der Waals surface area contributed by atoms with Crippen LogP contribution in [0.25, 0.3) is 0 Å². The molecule has 3 aliphatic rings. The third-order valence-electron chi connectivity index (χ3n) is 12.2. The molecule has 1 N–H and O–H groups in total. The maximum Gasteiger partial charge on any atom is 0.321 e. The molecule has 0 aromatic heterocycles. The van der Waals surface area contributed by atoms with Gasteiger partial charge in [0.25, 0.3) is 5.91 Å². The minimum absolute atomic E-state index is 0.0294. The Morgan fingerprint density at radius 2 is 1.19 bits per heavy atom. The Morgan fingerprint density at radius 3 is 1.71 bits per heavy atom. The molecule has 0 spiro atoms. The Labute approximate surface area is 353 Å². The van der Waals surface area contributed by atoms with Crippen molar-refractivity contribution in [3.8, 4) is 0 Å². The molecule has 2 heterocycles. The Morgan fingerprint density at radius 1 is 0.678 bits per heavy atom. The maximum absolute atomic E-state index is 12.8. The first kappa shape index (κ1) is 44.0. The Kier molecular flexibility index (Phi) is 16.1. The summed E-state index contributed by atoms with van der Waals surface area (Å²) in [5.74, 6) is 0.0349. The van der Waals surface area contributed by atoms with Crippen LogP contribution in [0, 0.1) is 0 Å². The number of hydrogen-bond donors (Lipinski definition) is 1. The van der Waals surface area contributed by atoms with Gasteiger partial charge in [-0.15, -0.1) is 0 Å². The number of methoxy groups -OCH3 is 1. The van der Waals surface area contributed by atoms with Gasteiger partial charge in [-0.05, 0) is 75.4 Å². The number of nitrogens with zero attached hydrogens (tertiary/aromatic N) is 6. The Hall–Kier alpha value is -4.58. The number of benzene rings is 4. The van der Waals surface area contributed by atoms with E-state index in [4.69, 9.17) is 4.74 Å². The molecule has 4 aromatic carbocycles. The van der Waals surface area contributed by atoms with Crippen molar-refractivity contribution in [2.24, 2.45) is 0 Å². The summed E-state index contributed by atoms with van der Waals surface area (Å²) in [6.07, 6.45) is 3.42. The maximum atomic E-state index is 12.8. The van der Waals surface area contributed by atoms with Crippen LogP contribution in [0.3, 0.4) is 0 Å². The number of urea groups is 1. The van der Waals surface area contributed by atoms with E-state index in [1.54, 1.807) is 7.11 Å².